The number of nitrogens with zero attached hydrogens (tertiary/aromatic N) is 1. The van der Waals surface area contributed by atoms with E-state index in [1.54, 1.807) is 27.9 Å². The zero-order valence-electron chi connectivity index (χ0n) is 32.5. The molecule has 0 spiro atoms. The van der Waals surface area contributed by atoms with Gasteiger partial charge >= 0.3 is 0 Å². The van der Waals surface area contributed by atoms with E-state index in [2.05, 4.69) is 0 Å². The minimum absolute atomic E-state index is 0.0773. The molecular weight excluding hydrogens is 634 g/mol. The molecule has 3 heterocycles. The van der Waals surface area contributed by atoms with Crippen molar-refractivity contribution >= 4 is 0 Å². The normalized spacial score (nSPS) is 51.4. The number of ether oxygens (including phenoxy) is 6. The molecule has 3 fully saturated rings. The maximum Gasteiger partial charge on any atom is 0.185 e. The monoisotopic (exact) mass is 706 g/mol. The minimum Gasteiger partial charge on any atom is -0.390 e. The largest absolute Gasteiger partial charge is 0.390 e. The zero-order chi connectivity index (χ0) is 37.2. The third-order valence-corrected chi connectivity index (χ3v) is 11.8. The number of methoxy groups -OCH3 is 1. The first-order valence-electron chi connectivity index (χ1n) is 18.5. The average molecular weight is 706 g/mol. The SMILES string of the molecule is CC[C@H]1OC[C@@H](C)C(O[C@@H]2C[C@@](C)(OC)[C@@H](O)[C@H](C)O2)C(C)C(O[C@@H]2O[C@H](C)C[C@H](N(C)C)[C@H]2O)C(C)(O)CC(C)CC(C)[C@@H](O)[C@]1(C)O. The van der Waals surface area contributed by atoms with Crippen molar-refractivity contribution in [3.05, 3.63) is 0 Å². The van der Waals surface area contributed by atoms with Gasteiger partial charge in [0.15, 0.2) is 12.6 Å². The fourth-order valence-corrected chi connectivity index (χ4v) is 8.85. The van der Waals surface area contributed by atoms with Gasteiger partial charge in [0, 0.05) is 31.4 Å². The summed E-state index contributed by atoms with van der Waals surface area (Å²) in [5.74, 6) is -1.17. The summed E-state index contributed by atoms with van der Waals surface area (Å²) in [6.45, 7) is 18.9. The molecule has 290 valence electrons. The molecule has 18 atom stereocenters. The molecule has 12 heteroatoms. The molecule has 6 unspecified atom stereocenters. The molecule has 49 heavy (non-hydrogen) atoms. The minimum atomic E-state index is -1.51. The van der Waals surface area contributed by atoms with Crippen LogP contribution in [-0.4, -0.2) is 143 Å². The third-order valence-electron chi connectivity index (χ3n) is 11.8. The Kier molecular flexibility index (Phi) is 15.0. The highest BCUT2D eigenvalue weighted by molar-refractivity contribution is 4.98. The van der Waals surface area contributed by atoms with Crippen molar-refractivity contribution in [1.82, 2.24) is 4.90 Å². The van der Waals surface area contributed by atoms with E-state index < -0.39 is 78.0 Å². The van der Waals surface area contributed by atoms with Gasteiger partial charge in [0.1, 0.15) is 17.8 Å². The van der Waals surface area contributed by atoms with E-state index in [-0.39, 0.29) is 42.9 Å². The first kappa shape index (κ1) is 42.9. The van der Waals surface area contributed by atoms with Crippen molar-refractivity contribution in [2.45, 2.75) is 186 Å². The van der Waals surface area contributed by atoms with Crippen LogP contribution in [0.3, 0.4) is 0 Å². The van der Waals surface area contributed by atoms with Gasteiger partial charge in [0.2, 0.25) is 0 Å². The van der Waals surface area contributed by atoms with Gasteiger partial charge in [-0.3, -0.25) is 0 Å². The van der Waals surface area contributed by atoms with Crippen LogP contribution in [0.2, 0.25) is 0 Å². The van der Waals surface area contributed by atoms with Crippen LogP contribution in [0.1, 0.15) is 101 Å². The molecule has 0 saturated carbocycles. The van der Waals surface area contributed by atoms with Crippen LogP contribution in [0.5, 0.6) is 0 Å². The summed E-state index contributed by atoms with van der Waals surface area (Å²) in [6, 6.07) is -0.206. The lowest BCUT2D eigenvalue weighted by molar-refractivity contribution is -0.319. The molecule has 0 aromatic carbocycles. The van der Waals surface area contributed by atoms with Crippen molar-refractivity contribution < 1.29 is 54.0 Å². The molecule has 0 aromatic heterocycles. The molecule has 5 N–H and O–H groups in total. The zero-order valence-corrected chi connectivity index (χ0v) is 32.5. The van der Waals surface area contributed by atoms with Crippen LogP contribution in [-0.2, 0) is 28.4 Å². The molecule has 0 radical (unpaired) electrons. The lowest BCUT2D eigenvalue weighted by Gasteiger charge is -2.49. The van der Waals surface area contributed by atoms with Crippen molar-refractivity contribution in [2.24, 2.45) is 23.7 Å². The van der Waals surface area contributed by atoms with Gasteiger partial charge in [-0.2, -0.15) is 0 Å². The van der Waals surface area contributed by atoms with E-state index >= 15 is 0 Å². The maximum absolute atomic E-state index is 12.4. The Morgan fingerprint density at radius 2 is 1.47 bits per heavy atom. The average Bonchev–Trinajstić information content (AvgIpc) is 3.00. The Hall–Kier alpha value is -0.480. The maximum atomic E-state index is 12.4. The highest BCUT2D eigenvalue weighted by Gasteiger charge is 2.51. The van der Waals surface area contributed by atoms with Crippen molar-refractivity contribution in [3.63, 3.8) is 0 Å². The van der Waals surface area contributed by atoms with Crippen molar-refractivity contribution in [1.29, 1.82) is 0 Å². The first-order chi connectivity index (χ1) is 22.6. The van der Waals surface area contributed by atoms with E-state index in [0.29, 0.717) is 25.7 Å². The van der Waals surface area contributed by atoms with E-state index in [1.807, 2.05) is 67.5 Å². The lowest BCUT2D eigenvalue weighted by atomic mass is 9.74. The van der Waals surface area contributed by atoms with Gasteiger partial charge in [-0.15, -0.1) is 0 Å². The van der Waals surface area contributed by atoms with Crippen LogP contribution in [0.25, 0.3) is 0 Å². The van der Waals surface area contributed by atoms with E-state index in [9.17, 15) is 25.5 Å². The second-order valence-electron chi connectivity index (χ2n) is 16.8. The quantitative estimate of drug-likeness (QED) is 0.264. The molecule has 0 aliphatic carbocycles. The molecule has 12 nitrogen and oxygen atoms in total. The van der Waals surface area contributed by atoms with E-state index in [4.69, 9.17) is 28.4 Å². The van der Waals surface area contributed by atoms with Crippen molar-refractivity contribution in [3.8, 4) is 0 Å². The number of hydrogen-bond acceptors (Lipinski definition) is 12. The summed E-state index contributed by atoms with van der Waals surface area (Å²) >= 11 is 0. The Labute approximate surface area is 295 Å². The summed E-state index contributed by atoms with van der Waals surface area (Å²) in [5, 5.41) is 57.9. The van der Waals surface area contributed by atoms with Gasteiger partial charge < -0.3 is 58.9 Å². The molecule has 3 rings (SSSR count). The fraction of sp³-hybridized carbons (Fsp3) is 1.00. The van der Waals surface area contributed by atoms with E-state index in [1.165, 1.54) is 0 Å². The molecule has 0 bridgehead atoms. The Morgan fingerprint density at radius 3 is 2.04 bits per heavy atom. The second kappa shape index (κ2) is 17.1. The summed E-state index contributed by atoms with van der Waals surface area (Å²) < 4.78 is 38.2. The molecule has 3 aliphatic heterocycles. The smallest absolute Gasteiger partial charge is 0.185 e. The number of likely N-dealkylation sites (N-methyl/N-ethyl adjacent to an activating group) is 1. The van der Waals surface area contributed by atoms with Crippen LogP contribution in [0.15, 0.2) is 0 Å². The van der Waals surface area contributed by atoms with Gasteiger partial charge in [-0.05, 0) is 86.2 Å². The predicted octanol–water partition coefficient (Wildman–Crippen LogP) is 3.08. The van der Waals surface area contributed by atoms with Gasteiger partial charge in [-0.1, -0.05) is 34.6 Å². The topological polar surface area (TPSA) is 160 Å². The summed E-state index contributed by atoms with van der Waals surface area (Å²) in [4.78, 5) is 1.97. The first-order valence-corrected chi connectivity index (χ1v) is 18.5. The van der Waals surface area contributed by atoms with Crippen molar-refractivity contribution in [2.75, 3.05) is 27.8 Å². The highest BCUT2D eigenvalue weighted by Crippen LogP contribution is 2.41. The summed E-state index contributed by atoms with van der Waals surface area (Å²) in [6.07, 6.45) is -5.34. The second-order valence-corrected chi connectivity index (χ2v) is 16.8. The number of aliphatic hydroxyl groups excluding tert-OH is 3. The van der Waals surface area contributed by atoms with Crippen LogP contribution >= 0.6 is 0 Å². The highest BCUT2D eigenvalue weighted by atomic mass is 16.7. The van der Waals surface area contributed by atoms with Crippen LogP contribution in [0, 0.1) is 23.7 Å². The molecule has 3 aliphatic rings. The lowest BCUT2D eigenvalue weighted by Crippen LogP contribution is -2.60. The molecule has 3 saturated heterocycles. The third kappa shape index (κ3) is 9.94. The standard InChI is InChI=1S/C37H71NO11/c1-14-27-37(10,43)31(40)21(3)15-20(2)17-35(8,42)33(49-34-29(39)26(38(11)12)16-23(5)46-34)24(6)30(22(4)19-45-27)48-28-18-36(9,44-13)32(41)25(7)47-28/h20-34,39-43H,14-19H2,1-13H3/t20?,21?,22-,23-,24?,25+,26+,27-,28-,29-,30?,31-,32+,33?,34+,35?,36-,37-/m1/s1. The Balaban J connectivity index is 2.10. The van der Waals surface area contributed by atoms with E-state index in [0.717, 1.165) is 0 Å². The number of aliphatic hydroxyl groups is 5. The molecular formula is C37H71NO11. The summed E-state index contributed by atoms with van der Waals surface area (Å²) in [5.41, 5.74) is -3.86. The fourth-order valence-electron chi connectivity index (χ4n) is 8.85. The number of rotatable bonds is 7. The Morgan fingerprint density at radius 1 is 0.837 bits per heavy atom. The molecule has 0 aromatic rings. The predicted molar refractivity (Wildman–Crippen MR) is 186 cm³/mol. The van der Waals surface area contributed by atoms with Gasteiger partial charge in [0.25, 0.3) is 0 Å². The van der Waals surface area contributed by atoms with Gasteiger partial charge in [0.05, 0.1) is 54.4 Å². The Bertz CT molecular complexity index is 1010. The molecule has 0 amide bonds. The van der Waals surface area contributed by atoms with Gasteiger partial charge in [-0.25, -0.2) is 0 Å². The van der Waals surface area contributed by atoms with Crippen LogP contribution in [0.4, 0.5) is 0 Å². The number of hydrogen-bond donors (Lipinski definition) is 5. The summed E-state index contributed by atoms with van der Waals surface area (Å²) in [7, 11) is 5.40. The van der Waals surface area contributed by atoms with Crippen LogP contribution < -0.4 is 0 Å².